The number of halogens is 1. The first-order chi connectivity index (χ1) is 4.45. The van der Waals surface area contributed by atoms with E-state index in [0.29, 0.717) is 0 Å². The van der Waals surface area contributed by atoms with Crippen molar-refractivity contribution in [3.05, 3.63) is 0 Å². The van der Waals surface area contributed by atoms with Crippen LogP contribution in [0.2, 0.25) is 0 Å². The molecule has 0 aromatic heterocycles. The lowest BCUT2D eigenvalue weighted by atomic mass is 10.3. The van der Waals surface area contributed by atoms with Gasteiger partial charge >= 0.3 is 0 Å². The highest BCUT2D eigenvalue weighted by Gasteiger charge is 2.12. The van der Waals surface area contributed by atoms with Crippen LogP contribution in [-0.4, -0.2) is 35.8 Å². The molecule has 2 N–H and O–H groups in total. The normalized spacial score (nSPS) is 15.1. The highest BCUT2D eigenvalue weighted by Crippen LogP contribution is 1.97. The molecule has 0 aliphatic heterocycles. The number of aliphatic hydroxyl groups excluding tert-OH is 1. The summed E-state index contributed by atoms with van der Waals surface area (Å²) in [5.41, 5.74) is 0. The zero-order valence-electron chi connectivity index (χ0n) is 5.20. The lowest BCUT2D eigenvalue weighted by Gasteiger charge is -2.03. The van der Waals surface area contributed by atoms with E-state index in [-0.39, 0.29) is 12.3 Å². The van der Waals surface area contributed by atoms with Gasteiger partial charge in [0, 0.05) is 5.88 Å². The van der Waals surface area contributed by atoms with Crippen molar-refractivity contribution in [3.63, 3.8) is 0 Å². The molecular formula is C4H9ClO4S. The van der Waals surface area contributed by atoms with E-state index in [1.807, 2.05) is 0 Å². The molecule has 0 aromatic carbocycles. The third kappa shape index (κ3) is 6.28. The molecule has 0 amide bonds. The lowest BCUT2D eigenvalue weighted by Crippen LogP contribution is -2.20. The SMILES string of the molecule is O=S(=O)(O)CC(O)CCCl. The molecule has 62 valence electrons. The molecule has 0 saturated heterocycles. The average molecular weight is 189 g/mol. The molecule has 0 spiro atoms. The quantitative estimate of drug-likeness (QED) is 0.476. The van der Waals surface area contributed by atoms with E-state index in [1.54, 1.807) is 0 Å². The van der Waals surface area contributed by atoms with Gasteiger partial charge in [0.05, 0.1) is 6.10 Å². The van der Waals surface area contributed by atoms with Crippen molar-refractivity contribution in [2.24, 2.45) is 0 Å². The minimum Gasteiger partial charge on any atom is -0.392 e. The third-order valence-electron chi connectivity index (χ3n) is 0.845. The second kappa shape index (κ2) is 4.12. The molecule has 0 bridgehead atoms. The maximum atomic E-state index is 10.1. The van der Waals surface area contributed by atoms with Crippen LogP contribution in [0.15, 0.2) is 0 Å². The van der Waals surface area contributed by atoms with Crippen molar-refractivity contribution in [1.29, 1.82) is 0 Å². The number of alkyl halides is 1. The van der Waals surface area contributed by atoms with E-state index < -0.39 is 22.0 Å². The number of hydrogen-bond donors (Lipinski definition) is 2. The van der Waals surface area contributed by atoms with Gasteiger partial charge in [0.1, 0.15) is 5.75 Å². The van der Waals surface area contributed by atoms with Crippen molar-refractivity contribution in [2.45, 2.75) is 12.5 Å². The minimum absolute atomic E-state index is 0.168. The molecule has 1 unspecified atom stereocenters. The van der Waals surface area contributed by atoms with Gasteiger partial charge in [-0.1, -0.05) is 0 Å². The predicted molar refractivity (Wildman–Crippen MR) is 37.8 cm³/mol. The monoisotopic (exact) mass is 188 g/mol. The maximum absolute atomic E-state index is 10.1. The number of rotatable bonds is 4. The second-order valence-corrected chi connectivity index (χ2v) is 3.76. The zero-order chi connectivity index (χ0) is 8.20. The molecular weight excluding hydrogens is 180 g/mol. The summed E-state index contributed by atoms with van der Waals surface area (Å²) < 4.78 is 28.3. The van der Waals surface area contributed by atoms with Crippen LogP contribution < -0.4 is 0 Å². The van der Waals surface area contributed by atoms with Crippen molar-refractivity contribution >= 4 is 21.7 Å². The Morgan fingerprint density at radius 3 is 2.30 bits per heavy atom. The van der Waals surface area contributed by atoms with E-state index in [0.717, 1.165) is 0 Å². The highest BCUT2D eigenvalue weighted by atomic mass is 35.5. The van der Waals surface area contributed by atoms with Gasteiger partial charge in [-0.15, -0.1) is 11.6 Å². The van der Waals surface area contributed by atoms with Crippen molar-refractivity contribution < 1.29 is 18.1 Å². The van der Waals surface area contributed by atoms with Crippen LogP contribution in [-0.2, 0) is 10.1 Å². The smallest absolute Gasteiger partial charge is 0.267 e. The van der Waals surface area contributed by atoms with Gasteiger partial charge in [-0.2, -0.15) is 8.42 Å². The van der Waals surface area contributed by atoms with Gasteiger partial charge < -0.3 is 5.11 Å². The highest BCUT2D eigenvalue weighted by molar-refractivity contribution is 7.85. The molecule has 6 heteroatoms. The lowest BCUT2D eigenvalue weighted by molar-refractivity contribution is 0.191. The summed E-state index contributed by atoms with van der Waals surface area (Å²) in [7, 11) is -4.05. The van der Waals surface area contributed by atoms with Gasteiger partial charge in [0.2, 0.25) is 0 Å². The zero-order valence-corrected chi connectivity index (χ0v) is 6.77. The molecule has 0 fully saturated rings. The first kappa shape index (κ1) is 10.2. The predicted octanol–water partition coefficient (Wildman–Crippen LogP) is -0.136. The summed E-state index contributed by atoms with van der Waals surface area (Å²) in [4.78, 5) is 0. The topological polar surface area (TPSA) is 74.6 Å². The van der Waals surface area contributed by atoms with E-state index in [9.17, 15) is 8.42 Å². The Bertz CT molecular complexity index is 176. The molecule has 0 heterocycles. The van der Waals surface area contributed by atoms with Crippen molar-refractivity contribution in [2.75, 3.05) is 11.6 Å². The summed E-state index contributed by atoms with van der Waals surface area (Å²) in [5.74, 6) is -0.462. The van der Waals surface area contributed by atoms with E-state index in [1.165, 1.54) is 0 Å². The summed E-state index contributed by atoms with van der Waals surface area (Å²) in [6, 6.07) is 0. The molecule has 0 saturated carbocycles. The molecule has 0 aliphatic carbocycles. The number of aliphatic hydroxyl groups is 1. The van der Waals surface area contributed by atoms with Crippen LogP contribution in [0.1, 0.15) is 6.42 Å². The Kier molecular flexibility index (Phi) is 4.19. The first-order valence-corrected chi connectivity index (χ1v) is 4.79. The van der Waals surface area contributed by atoms with Crippen molar-refractivity contribution in [3.8, 4) is 0 Å². The fourth-order valence-corrected chi connectivity index (χ4v) is 1.36. The Morgan fingerprint density at radius 1 is 1.50 bits per heavy atom. The van der Waals surface area contributed by atoms with Gasteiger partial charge in [-0.3, -0.25) is 4.55 Å². The van der Waals surface area contributed by atoms with Crippen LogP contribution in [0.25, 0.3) is 0 Å². The minimum atomic E-state index is -4.05. The standard InChI is InChI=1S/C4H9ClO4S/c5-2-1-4(6)3-10(7,8)9/h4,6H,1-3H2,(H,7,8,9). The first-order valence-electron chi connectivity index (χ1n) is 2.65. The Labute approximate surface area is 64.6 Å². The van der Waals surface area contributed by atoms with Gasteiger partial charge in [-0.05, 0) is 6.42 Å². The van der Waals surface area contributed by atoms with Crippen molar-refractivity contribution in [1.82, 2.24) is 0 Å². The van der Waals surface area contributed by atoms with Gasteiger partial charge in [0.15, 0.2) is 0 Å². The fraction of sp³-hybridized carbons (Fsp3) is 1.00. The fourth-order valence-electron chi connectivity index (χ4n) is 0.452. The van der Waals surface area contributed by atoms with Gasteiger partial charge in [0.25, 0.3) is 10.1 Å². The summed E-state index contributed by atoms with van der Waals surface area (Å²) in [6.07, 6.45) is -0.894. The largest absolute Gasteiger partial charge is 0.392 e. The van der Waals surface area contributed by atoms with Crippen LogP contribution in [0, 0.1) is 0 Å². The van der Waals surface area contributed by atoms with E-state index >= 15 is 0 Å². The molecule has 1 atom stereocenters. The summed E-state index contributed by atoms with van der Waals surface area (Å²) in [5, 5.41) is 8.76. The summed E-state index contributed by atoms with van der Waals surface area (Å²) >= 11 is 5.19. The third-order valence-corrected chi connectivity index (χ3v) is 1.87. The van der Waals surface area contributed by atoms with E-state index in [2.05, 4.69) is 0 Å². The van der Waals surface area contributed by atoms with Crippen LogP contribution in [0.5, 0.6) is 0 Å². The molecule has 0 rings (SSSR count). The Balaban J connectivity index is 3.69. The van der Waals surface area contributed by atoms with Crippen LogP contribution in [0.4, 0.5) is 0 Å². The molecule has 0 radical (unpaired) electrons. The average Bonchev–Trinajstić information content (AvgIpc) is 1.59. The molecule has 4 nitrogen and oxygen atoms in total. The molecule has 10 heavy (non-hydrogen) atoms. The van der Waals surface area contributed by atoms with Crippen LogP contribution >= 0.6 is 11.6 Å². The van der Waals surface area contributed by atoms with Crippen LogP contribution in [0.3, 0.4) is 0 Å². The Morgan fingerprint density at radius 2 is 2.00 bits per heavy atom. The molecule has 0 aliphatic rings. The molecule has 0 aromatic rings. The van der Waals surface area contributed by atoms with Gasteiger partial charge in [-0.25, -0.2) is 0 Å². The van der Waals surface area contributed by atoms with E-state index in [4.69, 9.17) is 21.3 Å². The maximum Gasteiger partial charge on any atom is 0.267 e. The summed E-state index contributed by atoms with van der Waals surface area (Å²) in [6.45, 7) is 0. The number of hydrogen-bond acceptors (Lipinski definition) is 3. The second-order valence-electron chi connectivity index (χ2n) is 1.88. The Hall–Kier alpha value is 0.160.